The molecule has 0 unspecified atom stereocenters. The van der Waals surface area contributed by atoms with Gasteiger partial charge in [0.1, 0.15) is 11.6 Å². The lowest BCUT2D eigenvalue weighted by atomic mass is 10.2. The van der Waals surface area contributed by atoms with Gasteiger partial charge in [0.25, 0.3) is 0 Å². The predicted molar refractivity (Wildman–Crippen MR) is 63.8 cm³/mol. The van der Waals surface area contributed by atoms with Gasteiger partial charge in [0.2, 0.25) is 0 Å². The van der Waals surface area contributed by atoms with E-state index in [0.717, 1.165) is 23.6 Å². The van der Waals surface area contributed by atoms with Crippen LogP contribution in [0.15, 0.2) is 30.5 Å². The molecule has 0 saturated heterocycles. The minimum atomic E-state index is -0.227. The number of imidazole rings is 1. The molecule has 0 atom stereocenters. The van der Waals surface area contributed by atoms with Crippen molar-refractivity contribution >= 4 is 0 Å². The third-order valence-electron chi connectivity index (χ3n) is 2.90. The molecule has 4 heteroatoms. The summed E-state index contributed by atoms with van der Waals surface area (Å²) in [5.74, 6) is 0.672. The molecule has 0 radical (unpaired) electrons. The zero-order chi connectivity index (χ0) is 11.7. The predicted octanol–water partition coefficient (Wildman–Crippen LogP) is 2.47. The smallest absolute Gasteiger partial charge is 0.123 e. The number of halogens is 1. The molecule has 0 spiro atoms. The first kappa shape index (κ1) is 10.5. The maximum Gasteiger partial charge on any atom is 0.123 e. The summed E-state index contributed by atoms with van der Waals surface area (Å²) in [6.07, 6.45) is 4.27. The lowest BCUT2D eigenvalue weighted by Gasteiger charge is -1.99. The SMILES string of the molecule is Fc1cccc(-c2cnc(CNC3CC3)[nH]2)c1. The minimum absolute atomic E-state index is 0.227. The van der Waals surface area contributed by atoms with Crippen molar-refractivity contribution in [2.24, 2.45) is 0 Å². The summed E-state index contributed by atoms with van der Waals surface area (Å²) in [4.78, 5) is 7.48. The second-order valence-corrected chi connectivity index (χ2v) is 4.41. The summed E-state index contributed by atoms with van der Waals surface area (Å²) in [6.45, 7) is 0.750. The summed E-state index contributed by atoms with van der Waals surface area (Å²) in [7, 11) is 0. The third-order valence-corrected chi connectivity index (χ3v) is 2.90. The maximum atomic E-state index is 13.1. The first-order valence-electron chi connectivity index (χ1n) is 5.84. The van der Waals surface area contributed by atoms with E-state index < -0.39 is 0 Å². The highest BCUT2D eigenvalue weighted by Gasteiger charge is 2.20. The highest BCUT2D eigenvalue weighted by atomic mass is 19.1. The van der Waals surface area contributed by atoms with Gasteiger partial charge in [0.05, 0.1) is 18.4 Å². The van der Waals surface area contributed by atoms with E-state index in [9.17, 15) is 4.39 Å². The van der Waals surface area contributed by atoms with E-state index in [-0.39, 0.29) is 5.82 Å². The molecular formula is C13H14FN3. The molecule has 1 fully saturated rings. The Morgan fingerprint density at radius 3 is 3.06 bits per heavy atom. The molecular weight excluding hydrogens is 217 g/mol. The number of hydrogen-bond acceptors (Lipinski definition) is 2. The van der Waals surface area contributed by atoms with E-state index in [0.29, 0.717) is 6.04 Å². The van der Waals surface area contributed by atoms with Gasteiger partial charge in [-0.25, -0.2) is 9.37 Å². The molecule has 3 nitrogen and oxygen atoms in total. The molecule has 2 aromatic rings. The monoisotopic (exact) mass is 231 g/mol. The number of aromatic amines is 1. The average Bonchev–Trinajstić information content (AvgIpc) is 3.04. The van der Waals surface area contributed by atoms with E-state index in [1.54, 1.807) is 12.3 Å². The van der Waals surface area contributed by atoms with Crippen LogP contribution in [0.25, 0.3) is 11.3 Å². The molecule has 0 bridgehead atoms. The normalized spacial score (nSPS) is 15.1. The van der Waals surface area contributed by atoms with Gasteiger partial charge in [-0.15, -0.1) is 0 Å². The van der Waals surface area contributed by atoms with Gasteiger partial charge in [-0.3, -0.25) is 0 Å². The fourth-order valence-electron chi connectivity index (χ4n) is 1.78. The summed E-state index contributed by atoms with van der Waals surface area (Å²) < 4.78 is 13.1. The van der Waals surface area contributed by atoms with E-state index in [4.69, 9.17) is 0 Å². The molecule has 88 valence electrons. The Labute approximate surface area is 99.1 Å². The van der Waals surface area contributed by atoms with Crippen LogP contribution in [0.2, 0.25) is 0 Å². The fraction of sp³-hybridized carbons (Fsp3) is 0.308. The summed E-state index contributed by atoms with van der Waals surface area (Å²) in [5.41, 5.74) is 1.69. The molecule has 3 rings (SSSR count). The van der Waals surface area contributed by atoms with Gasteiger partial charge < -0.3 is 10.3 Å². The van der Waals surface area contributed by atoms with Crippen LogP contribution in [0.4, 0.5) is 4.39 Å². The Balaban J connectivity index is 1.74. The lowest BCUT2D eigenvalue weighted by Crippen LogP contribution is -2.16. The largest absolute Gasteiger partial charge is 0.341 e. The van der Waals surface area contributed by atoms with Gasteiger partial charge in [-0.2, -0.15) is 0 Å². The third kappa shape index (κ3) is 2.53. The van der Waals surface area contributed by atoms with Crippen LogP contribution in [0, 0.1) is 5.82 Å². The van der Waals surface area contributed by atoms with Crippen LogP contribution in [-0.4, -0.2) is 16.0 Å². The van der Waals surface area contributed by atoms with E-state index >= 15 is 0 Å². The summed E-state index contributed by atoms with van der Waals surface area (Å²) in [6, 6.07) is 7.18. The Hall–Kier alpha value is -1.68. The van der Waals surface area contributed by atoms with E-state index in [2.05, 4.69) is 15.3 Å². The molecule has 1 aromatic carbocycles. The molecule has 0 aliphatic heterocycles. The van der Waals surface area contributed by atoms with Crippen molar-refractivity contribution in [3.05, 3.63) is 42.1 Å². The standard InChI is InChI=1S/C13H14FN3/c14-10-3-1-2-9(6-10)12-7-16-13(17-12)8-15-11-4-5-11/h1-3,6-7,11,15H,4-5,8H2,(H,16,17). The first-order valence-corrected chi connectivity index (χ1v) is 5.84. The number of rotatable bonds is 4. The van der Waals surface area contributed by atoms with Crippen molar-refractivity contribution in [2.45, 2.75) is 25.4 Å². The van der Waals surface area contributed by atoms with Crippen molar-refractivity contribution in [1.29, 1.82) is 0 Å². The van der Waals surface area contributed by atoms with Crippen molar-refractivity contribution in [3.63, 3.8) is 0 Å². The number of nitrogens with zero attached hydrogens (tertiary/aromatic N) is 1. The van der Waals surface area contributed by atoms with Crippen LogP contribution in [0.3, 0.4) is 0 Å². The van der Waals surface area contributed by atoms with E-state index in [1.807, 2.05) is 6.07 Å². The molecule has 1 heterocycles. The van der Waals surface area contributed by atoms with Crippen molar-refractivity contribution in [3.8, 4) is 11.3 Å². The van der Waals surface area contributed by atoms with Crippen LogP contribution < -0.4 is 5.32 Å². The minimum Gasteiger partial charge on any atom is -0.341 e. The molecule has 1 saturated carbocycles. The van der Waals surface area contributed by atoms with Crippen molar-refractivity contribution in [2.75, 3.05) is 0 Å². The Kier molecular flexibility index (Phi) is 2.65. The fourth-order valence-corrected chi connectivity index (χ4v) is 1.78. The molecule has 17 heavy (non-hydrogen) atoms. The molecule has 0 amide bonds. The molecule has 1 aliphatic carbocycles. The number of benzene rings is 1. The lowest BCUT2D eigenvalue weighted by molar-refractivity contribution is 0.628. The summed E-state index contributed by atoms with van der Waals surface area (Å²) >= 11 is 0. The van der Waals surface area contributed by atoms with E-state index in [1.165, 1.54) is 25.0 Å². The Bertz CT molecular complexity index is 517. The second kappa shape index (κ2) is 4.30. The van der Waals surface area contributed by atoms with Gasteiger partial charge >= 0.3 is 0 Å². The second-order valence-electron chi connectivity index (χ2n) is 4.41. The quantitative estimate of drug-likeness (QED) is 0.848. The summed E-state index contributed by atoms with van der Waals surface area (Å²) in [5, 5.41) is 3.38. The first-order chi connectivity index (χ1) is 8.31. The van der Waals surface area contributed by atoms with Gasteiger partial charge in [0, 0.05) is 11.6 Å². The van der Waals surface area contributed by atoms with Crippen LogP contribution in [0.1, 0.15) is 18.7 Å². The van der Waals surface area contributed by atoms with Gasteiger partial charge in [-0.05, 0) is 25.0 Å². The molecule has 1 aromatic heterocycles. The number of H-pyrrole nitrogens is 1. The highest BCUT2D eigenvalue weighted by molar-refractivity contribution is 5.58. The van der Waals surface area contributed by atoms with Gasteiger partial charge in [0.15, 0.2) is 0 Å². The van der Waals surface area contributed by atoms with Crippen molar-refractivity contribution in [1.82, 2.24) is 15.3 Å². The Morgan fingerprint density at radius 2 is 2.29 bits per heavy atom. The maximum absolute atomic E-state index is 13.1. The Morgan fingerprint density at radius 1 is 1.41 bits per heavy atom. The zero-order valence-electron chi connectivity index (χ0n) is 9.41. The van der Waals surface area contributed by atoms with Gasteiger partial charge in [-0.1, -0.05) is 12.1 Å². The number of aromatic nitrogens is 2. The average molecular weight is 231 g/mol. The topological polar surface area (TPSA) is 40.7 Å². The number of nitrogens with one attached hydrogen (secondary N) is 2. The van der Waals surface area contributed by atoms with Crippen LogP contribution in [-0.2, 0) is 6.54 Å². The zero-order valence-corrected chi connectivity index (χ0v) is 9.41. The van der Waals surface area contributed by atoms with Crippen LogP contribution >= 0.6 is 0 Å². The van der Waals surface area contributed by atoms with Crippen LogP contribution in [0.5, 0.6) is 0 Å². The molecule has 2 N–H and O–H groups in total. The van der Waals surface area contributed by atoms with Crippen molar-refractivity contribution < 1.29 is 4.39 Å². The molecule has 1 aliphatic rings. The highest BCUT2D eigenvalue weighted by Crippen LogP contribution is 2.20. The number of hydrogen-bond donors (Lipinski definition) is 2.